The Kier molecular flexibility index (Phi) is 3.34. The van der Waals surface area contributed by atoms with Gasteiger partial charge in [0, 0.05) is 6.04 Å². The molecule has 1 aliphatic rings. The van der Waals surface area contributed by atoms with Crippen LogP contribution in [-0.2, 0) is 0 Å². The van der Waals surface area contributed by atoms with Gasteiger partial charge in [-0.2, -0.15) is 0 Å². The smallest absolute Gasteiger partial charge is 0.0540 e. The second-order valence-corrected chi connectivity index (χ2v) is 3.64. The number of hydrogen-bond donors (Lipinski definition) is 2. The van der Waals surface area contributed by atoms with Crippen molar-refractivity contribution >= 4 is 0 Å². The standard InChI is InChI=1S/C9H19NO/c1-2-9(10)7-3-5-8(11)6-4-7/h7-9,11H,2-6,10H2,1H3. The van der Waals surface area contributed by atoms with E-state index in [1.807, 2.05) is 0 Å². The van der Waals surface area contributed by atoms with Crippen LogP contribution in [0.25, 0.3) is 0 Å². The highest BCUT2D eigenvalue weighted by Crippen LogP contribution is 2.26. The van der Waals surface area contributed by atoms with Gasteiger partial charge in [-0.15, -0.1) is 0 Å². The van der Waals surface area contributed by atoms with Crippen LogP contribution >= 0.6 is 0 Å². The van der Waals surface area contributed by atoms with Crippen molar-refractivity contribution in [3.8, 4) is 0 Å². The molecule has 0 amide bonds. The molecule has 1 saturated carbocycles. The minimum atomic E-state index is -0.0460. The van der Waals surface area contributed by atoms with Gasteiger partial charge in [0.05, 0.1) is 6.10 Å². The number of rotatable bonds is 2. The van der Waals surface area contributed by atoms with Crippen molar-refractivity contribution in [1.29, 1.82) is 0 Å². The highest BCUT2D eigenvalue weighted by atomic mass is 16.3. The molecule has 0 bridgehead atoms. The fraction of sp³-hybridized carbons (Fsp3) is 1.00. The molecule has 0 aliphatic heterocycles. The van der Waals surface area contributed by atoms with E-state index in [-0.39, 0.29) is 6.10 Å². The summed E-state index contributed by atoms with van der Waals surface area (Å²) in [4.78, 5) is 0. The van der Waals surface area contributed by atoms with E-state index in [0.29, 0.717) is 12.0 Å². The van der Waals surface area contributed by atoms with Crippen LogP contribution in [0.4, 0.5) is 0 Å². The zero-order valence-corrected chi connectivity index (χ0v) is 7.29. The van der Waals surface area contributed by atoms with E-state index in [9.17, 15) is 5.11 Å². The van der Waals surface area contributed by atoms with Crippen LogP contribution in [-0.4, -0.2) is 17.3 Å². The van der Waals surface area contributed by atoms with Crippen molar-refractivity contribution in [2.45, 2.75) is 51.2 Å². The van der Waals surface area contributed by atoms with Gasteiger partial charge in [-0.1, -0.05) is 6.92 Å². The molecule has 0 spiro atoms. The minimum Gasteiger partial charge on any atom is -0.393 e. The number of hydrogen-bond acceptors (Lipinski definition) is 2. The molecule has 3 N–H and O–H groups in total. The molecule has 66 valence electrons. The van der Waals surface area contributed by atoms with Gasteiger partial charge in [-0.05, 0) is 38.0 Å². The van der Waals surface area contributed by atoms with Crippen molar-refractivity contribution < 1.29 is 5.11 Å². The molecule has 1 fully saturated rings. The molecule has 2 nitrogen and oxygen atoms in total. The van der Waals surface area contributed by atoms with E-state index in [2.05, 4.69) is 6.92 Å². The molecule has 2 heteroatoms. The topological polar surface area (TPSA) is 46.2 Å². The Morgan fingerprint density at radius 1 is 1.36 bits per heavy atom. The molecular weight excluding hydrogens is 138 g/mol. The van der Waals surface area contributed by atoms with Gasteiger partial charge in [-0.3, -0.25) is 0 Å². The maximum absolute atomic E-state index is 9.24. The molecule has 0 heterocycles. The summed E-state index contributed by atoms with van der Waals surface area (Å²) >= 11 is 0. The Hall–Kier alpha value is -0.0800. The minimum absolute atomic E-state index is 0.0460. The highest BCUT2D eigenvalue weighted by Gasteiger charge is 2.22. The summed E-state index contributed by atoms with van der Waals surface area (Å²) in [6.45, 7) is 2.13. The molecule has 1 atom stereocenters. The summed E-state index contributed by atoms with van der Waals surface area (Å²) in [6.07, 6.45) is 5.18. The van der Waals surface area contributed by atoms with Gasteiger partial charge in [-0.25, -0.2) is 0 Å². The Morgan fingerprint density at radius 2 is 1.91 bits per heavy atom. The van der Waals surface area contributed by atoms with Crippen LogP contribution in [0.15, 0.2) is 0 Å². The van der Waals surface area contributed by atoms with Gasteiger partial charge < -0.3 is 10.8 Å². The Bertz CT molecular complexity index is 108. The Labute approximate surface area is 68.8 Å². The first-order valence-electron chi connectivity index (χ1n) is 4.67. The average molecular weight is 157 g/mol. The predicted octanol–water partition coefficient (Wildman–Crippen LogP) is 1.27. The third kappa shape index (κ3) is 2.46. The van der Waals surface area contributed by atoms with Gasteiger partial charge in [0.2, 0.25) is 0 Å². The second kappa shape index (κ2) is 4.07. The predicted molar refractivity (Wildman–Crippen MR) is 46.2 cm³/mol. The zero-order valence-electron chi connectivity index (χ0n) is 7.29. The van der Waals surface area contributed by atoms with Crippen molar-refractivity contribution in [2.75, 3.05) is 0 Å². The summed E-state index contributed by atoms with van der Waals surface area (Å²) in [5.41, 5.74) is 5.91. The number of aliphatic hydroxyl groups is 1. The quantitative estimate of drug-likeness (QED) is 0.634. The van der Waals surface area contributed by atoms with Crippen molar-refractivity contribution in [3.05, 3.63) is 0 Å². The van der Waals surface area contributed by atoms with Gasteiger partial charge in [0.15, 0.2) is 0 Å². The number of aliphatic hydroxyl groups excluding tert-OH is 1. The Morgan fingerprint density at radius 3 is 2.36 bits per heavy atom. The summed E-state index contributed by atoms with van der Waals surface area (Å²) in [6, 6.07) is 0.363. The fourth-order valence-electron chi connectivity index (χ4n) is 1.86. The molecule has 0 saturated heterocycles. The van der Waals surface area contributed by atoms with Crippen LogP contribution in [0.3, 0.4) is 0 Å². The van der Waals surface area contributed by atoms with Gasteiger partial charge in [0.1, 0.15) is 0 Å². The van der Waals surface area contributed by atoms with E-state index in [0.717, 1.165) is 32.1 Å². The van der Waals surface area contributed by atoms with Crippen molar-refractivity contribution in [3.63, 3.8) is 0 Å². The third-order valence-corrected chi connectivity index (χ3v) is 2.82. The molecule has 0 aromatic heterocycles. The van der Waals surface area contributed by atoms with Crippen LogP contribution < -0.4 is 5.73 Å². The SMILES string of the molecule is CCC(N)C1CCC(O)CC1. The molecule has 1 rings (SSSR count). The van der Waals surface area contributed by atoms with Crippen molar-refractivity contribution in [2.24, 2.45) is 11.7 Å². The molecule has 0 aromatic carbocycles. The van der Waals surface area contributed by atoms with E-state index in [4.69, 9.17) is 5.73 Å². The van der Waals surface area contributed by atoms with Crippen LogP contribution in [0.1, 0.15) is 39.0 Å². The summed E-state index contributed by atoms with van der Waals surface area (Å²) < 4.78 is 0. The largest absolute Gasteiger partial charge is 0.393 e. The lowest BCUT2D eigenvalue weighted by Gasteiger charge is -2.29. The number of nitrogens with two attached hydrogens (primary N) is 1. The Balaban J connectivity index is 2.27. The summed E-state index contributed by atoms with van der Waals surface area (Å²) in [5, 5.41) is 9.24. The molecule has 11 heavy (non-hydrogen) atoms. The third-order valence-electron chi connectivity index (χ3n) is 2.82. The van der Waals surface area contributed by atoms with E-state index in [1.165, 1.54) is 0 Å². The first kappa shape index (κ1) is 9.01. The van der Waals surface area contributed by atoms with Crippen LogP contribution in [0, 0.1) is 5.92 Å². The maximum atomic E-state index is 9.24. The molecule has 0 radical (unpaired) electrons. The molecule has 1 aliphatic carbocycles. The second-order valence-electron chi connectivity index (χ2n) is 3.64. The lowest BCUT2D eigenvalue weighted by atomic mass is 9.82. The first-order valence-corrected chi connectivity index (χ1v) is 4.67. The van der Waals surface area contributed by atoms with Crippen molar-refractivity contribution in [1.82, 2.24) is 0 Å². The van der Waals surface area contributed by atoms with E-state index in [1.54, 1.807) is 0 Å². The first-order chi connectivity index (χ1) is 5.24. The summed E-state index contributed by atoms with van der Waals surface area (Å²) in [7, 11) is 0. The van der Waals surface area contributed by atoms with Crippen LogP contribution in [0.5, 0.6) is 0 Å². The molecule has 1 unspecified atom stereocenters. The molecule has 0 aromatic rings. The molecular formula is C9H19NO. The zero-order chi connectivity index (χ0) is 8.27. The summed E-state index contributed by atoms with van der Waals surface area (Å²) in [5.74, 6) is 0.670. The van der Waals surface area contributed by atoms with Gasteiger partial charge >= 0.3 is 0 Å². The monoisotopic (exact) mass is 157 g/mol. The fourth-order valence-corrected chi connectivity index (χ4v) is 1.86. The van der Waals surface area contributed by atoms with E-state index >= 15 is 0 Å². The highest BCUT2D eigenvalue weighted by molar-refractivity contribution is 4.78. The van der Waals surface area contributed by atoms with Gasteiger partial charge in [0.25, 0.3) is 0 Å². The lowest BCUT2D eigenvalue weighted by molar-refractivity contribution is 0.101. The maximum Gasteiger partial charge on any atom is 0.0540 e. The van der Waals surface area contributed by atoms with E-state index < -0.39 is 0 Å². The lowest BCUT2D eigenvalue weighted by Crippen LogP contribution is -2.33. The average Bonchev–Trinajstić information content (AvgIpc) is 2.05. The van der Waals surface area contributed by atoms with Crippen LogP contribution in [0.2, 0.25) is 0 Å². The normalized spacial score (nSPS) is 35.2.